The zero-order valence-electron chi connectivity index (χ0n) is 13.0. The van der Waals surface area contributed by atoms with Gasteiger partial charge in [0.2, 0.25) is 5.91 Å². The van der Waals surface area contributed by atoms with Crippen molar-refractivity contribution in [3.8, 4) is 0 Å². The summed E-state index contributed by atoms with van der Waals surface area (Å²) in [6.07, 6.45) is 6.57. The predicted octanol–water partition coefficient (Wildman–Crippen LogP) is 2.65. The minimum atomic E-state index is -1.23. The molecule has 2 N–H and O–H groups in total. The Balaban J connectivity index is 2.68. The summed E-state index contributed by atoms with van der Waals surface area (Å²) in [5, 5.41) is 0. The number of hydrogen-bond donors (Lipinski definition) is 1. The normalized spacial score (nSPS) is 18.1. The zero-order valence-corrected chi connectivity index (χ0v) is 14.0. The molecule has 2 amide bonds. The van der Waals surface area contributed by atoms with Gasteiger partial charge in [-0.05, 0) is 24.6 Å². The molecule has 1 aliphatic heterocycles. The number of ether oxygens (including phenoxy) is 1. The van der Waals surface area contributed by atoms with Gasteiger partial charge in [0.05, 0.1) is 12.6 Å². The van der Waals surface area contributed by atoms with Crippen molar-refractivity contribution in [2.24, 2.45) is 5.73 Å². The summed E-state index contributed by atoms with van der Waals surface area (Å²) in [5.74, 6) is -0.507. The van der Waals surface area contributed by atoms with Crippen LogP contribution in [0.4, 0.5) is 4.79 Å². The smallest absolute Gasteiger partial charge is 0.414 e. The fourth-order valence-electron chi connectivity index (χ4n) is 1.85. The Morgan fingerprint density at radius 1 is 1.48 bits per heavy atom. The van der Waals surface area contributed by atoms with Gasteiger partial charge in [-0.2, -0.15) is 0 Å². The van der Waals surface area contributed by atoms with E-state index in [0.29, 0.717) is 18.6 Å². The minimum Gasteiger partial charge on any atom is -0.449 e. The molecule has 21 heavy (non-hydrogen) atoms. The van der Waals surface area contributed by atoms with Crippen LogP contribution in [-0.2, 0) is 9.53 Å². The number of carbonyl (C=O) groups is 2. The molecule has 0 spiro atoms. The van der Waals surface area contributed by atoms with Gasteiger partial charge in [0, 0.05) is 19.8 Å². The maximum Gasteiger partial charge on any atom is 0.414 e. The summed E-state index contributed by atoms with van der Waals surface area (Å²) < 4.78 is 5.32. The highest BCUT2D eigenvalue weighted by atomic mass is 28.3. The van der Waals surface area contributed by atoms with Gasteiger partial charge in [0.15, 0.2) is 0 Å². The molecule has 0 aromatic heterocycles. The maximum atomic E-state index is 12.1. The lowest BCUT2D eigenvalue weighted by Gasteiger charge is -2.28. The van der Waals surface area contributed by atoms with Crippen LogP contribution in [0.25, 0.3) is 0 Å². The van der Waals surface area contributed by atoms with Crippen LogP contribution in [-0.4, -0.2) is 37.6 Å². The molecule has 1 aliphatic rings. The number of nitrogens with two attached hydrogens (primary N) is 1. The first-order valence-electron chi connectivity index (χ1n) is 7.00. The Morgan fingerprint density at radius 3 is 2.67 bits per heavy atom. The standard InChI is InChI=1S/C15H24N2O3Si/c1-5-6-13-11-12(14(16)18)7-8-17(13)15(19)20-9-10-21(2,3)4/h5,7-8,11,13H,1,6,9-10H2,2-4H3,(H2,16,18). The summed E-state index contributed by atoms with van der Waals surface area (Å²) >= 11 is 0. The lowest BCUT2D eigenvalue weighted by atomic mass is 10.0. The number of amides is 2. The van der Waals surface area contributed by atoms with E-state index in [1.54, 1.807) is 18.4 Å². The average molecular weight is 308 g/mol. The van der Waals surface area contributed by atoms with Crippen molar-refractivity contribution in [3.05, 3.63) is 36.6 Å². The highest BCUT2D eigenvalue weighted by molar-refractivity contribution is 6.76. The Morgan fingerprint density at radius 2 is 2.14 bits per heavy atom. The third kappa shape index (κ3) is 5.59. The third-order valence-electron chi connectivity index (χ3n) is 3.13. The van der Waals surface area contributed by atoms with E-state index in [1.807, 2.05) is 0 Å². The predicted molar refractivity (Wildman–Crippen MR) is 86.4 cm³/mol. The Hall–Kier alpha value is -1.82. The van der Waals surface area contributed by atoms with Crippen LogP contribution in [0.1, 0.15) is 6.42 Å². The van der Waals surface area contributed by atoms with E-state index in [2.05, 4.69) is 26.2 Å². The second-order valence-corrected chi connectivity index (χ2v) is 11.8. The Kier molecular flexibility index (Phi) is 5.96. The summed E-state index contributed by atoms with van der Waals surface area (Å²) in [6, 6.07) is 0.638. The van der Waals surface area contributed by atoms with Crippen LogP contribution in [0.5, 0.6) is 0 Å². The molecule has 0 aromatic carbocycles. The molecule has 0 saturated heterocycles. The van der Waals surface area contributed by atoms with E-state index < -0.39 is 20.1 Å². The van der Waals surface area contributed by atoms with E-state index in [9.17, 15) is 9.59 Å². The van der Waals surface area contributed by atoms with Crippen molar-refractivity contribution in [3.63, 3.8) is 0 Å². The molecule has 0 bridgehead atoms. The van der Waals surface area contributed by atoms with Crippen LogP contribution in [0.15, 0.2) is 36.6 Å². The monoisotopic (exact) mass is 308 g/mol. The average Bonchev–Trinajstić information content (AvgIpc) is 2.37. The van der Waals surface area contributed by atoms with Gasteiger partial charge in [-0.25, -0.2) is 4.79 Å². The van der Waals surface area contributed by atoms with Gasteiger partial charge in [0.25, 0.3) is 0 Å². The van der Waals surface area contributed by atoms with Gasteiger partial charge in [0.1, 0.15) is 0 Å². The molecule has 0 aromatic rings. The van der Waals surface area contributed by atoms with E-state index in [-0.39, 0.29) is 6.04 Å². The fourth-order valence-corrected chi connectivity index (χ4v) is 2.56. The summed E-state index contributed by atoms with van der Waals surface area (Å²) in [6.45, 7) is 10.8. The van der Waals surface area contributed by atoms with Crippen LogP contribution < -0.4 is 5.73 Å². The molecule has 1 rings (SSSR count). The molecule has 0 saturated carbocycles. The molecule has 6 heteroatoms. The zero-order chi connectivity index (χ0) is 16.0. The van der Waals surface area contributed by atoms with Gasteiger partial charge in [-0.3, -0.25) is 9.69 Å². The molecule has 1 heterocycles. The second-order valence-electron chi connectivity index (χ2n) is 6.23. The summed E-state index contributed by atoms with van der Waals surface area (Å²) in [5.41, 5.74) is 5.66. The third-order valence-corrected chi connectivity index (χ3v) is 4.83. The van der Waals surface area contributed by atoms with Gasteiger partial charge in [-0.15, -0.1) is 6.58 Å². The number of rotatable bonds is 6. The van der Waals surface area contributed by atoms with Crippen molar-refractivity contribution in [1.29, 1.82) is 0 Å². The molecule has 1 atom stereocenters. The number of carbonyl (C=O) groups excluding carboxylic acids is 2. The molecule has 116 valence electrons. The molecule has 0 fully saturated rings. The van der Waals surface area contributed by atoms with Gasteiger partial charge >= 0.3 is 6.09 Å². The van der Waals surface area contributed by atoms with Crippen molar-refractivity contribution < 1.29 is 14.3 Å². The van der Waals surface area contributed by atoms with Crippen molar-refractivity contribution in [2.75, 3.05) is 6.61 Å². The Bertz CT molecular complexity index is 478. The van der Waals surface area contributed by atoms with E-state index in [0.717, 1.165) is 6.04 Å². The van der Waals surface area contributed by atoms with Gasteiger partial charge < -0.3 is 10.5 Å². The number of hydrogen-bond acceptors (Lipinski definition) is 3. The SMILES string of the molecule is C=CCC1C=C(C(N)=O)C=CN1C(=O)OCC[Si](C)(C)C. The maximum absolute atomic E-state index is 12.1. The molecule has 5 nitrogen and oxygen atoms in total. The molecule has 1 unspecified atom stereocenters. The first kappa shape index (κ1) is 17.2. The highest BCUT2D eigenvalue weighted by Crippen LogP contribution is 2.18. The van der Waals surface area contributed by atoms with Gasteiger partial charge in [-0.1, -0.05) is 25.7 Å². The topological polar surface area (TPSA) is 72.6 Å². The fraction of sp³-hybridized carbons (Fsp3) is 0.467. The number of nitrogens with zero attached hydrogens (tertiary/aromatic N) is 1. The molecule has 0 aliphatic carbocycles. The van der Waals surface area contributed by atoms with Crippen molar-refractivity contribution >= 4 is 20.1 Å². The largest absolute Gasteiger partial charge is 0.449 e. The quantitative estimate of drug-likeness (QED) is 0.605. The number of primary amides is 1. The summed E-state index contributed by atoms with van der Waals surface area (Å²) in [7, 11) is -1.23. The molecular weight excluding hydrogens is 284 g/mol. The molecular formula is C15H24N2O3Si. The van der Waals surface area contributed by atoms with Crippen LogP contribution >= 0.6 is 0 Å². The summed E-state index contributed by atoms with van der Waals surface area (Å²) in [4.78, 5) is 24.8. The van der Waals surface area contributed by atoms with Crippen molar-refractivity contribution in [1.82, 2.24) is 4.90 Å². The highest BCUT2D eigenvalue weighted by Gasteiger charge is 2.25. The lowest BCUT2D eigenvalue weighted by molar-refractivity contribution is -0.114. The van der Waals surface area contributed by atoms with Crippen molar-refractivity contribution in [2.45, 2.75) is 38.1 Å². The minimum absolute atomic E-state index is 0.283. The van der Waals surface area contributed by atoms with E-state index in [4.69, 9.17) is 10.5 Å². The second kappa shape index (κ2) is 7.26. The van der Waals surface area contributed by atoms with Crippen LogP contribution in [0.3, 0.4) is 0 Å². The first-order chi connectivity index (χ1) is 9.74. The van der Waals surface area contributed by atoms with Crippen LogP contribution in [0.2, 0.25) is 25.7 Å². The first-order valence-corrected chi connectivity index (χ1v) is 10.7. The van der Waals surface area contributed by atoms with E-state index >= 15 is 0 Å². The Labute approximate surface area is 127 Å². The van der Waals surface area contributed by atoms with E-state index in [1.165, 1.54) is 11.0 Å². The lowest BCUT2D eigenvalue weighted by Crippen LogP contribution is -2.38. The van der Waals surface area contributed by atoms with Crippen LogP contribution in [0, 0.1) is 0 Å². The molecule has 0 radical (unpaired) electrons.